The van der Waals surface area contributed by atoms with Crippen molar-refractivity contribution in [1.82, 2.24) is 14.4 Å². The van der Waals surface area contributed by atoms with E-state index < -0.39 is 12.1 Å². The number of aromatic nitrogens is 1. The number of rotatable bonds is 2. The zero-order valence-corrected chi connectivity index (χ0v) is 16.5. The minimum atomic E-state index is -0.539. The number of carbonyl (C=O) groups excluding carboxylic acids is 2. The van der Waals surface area contributed by atoms with Gasteiger partial charge in [0.2, 0.25) is 5.91 Å². The summed E-state index contributed by atoms with van der Waals surface area (Å²) in [6.07, 6.45) is 0.0653. The summed E-state index contributed by atoms with van der Waals surface area (Å²) in [5.74, 6) is -0.0194. The Morgan fingerprint density at radius 2 is 1.79 bits per heavy atom. The number of para-hydroxylation sites is 1. The van der Waals surface area contributed by atoms with E-state index in [4.69, 9.17) is 4.74 Å². The fourth-order valence-electron chi connectivity index (χ4n) is 4.97. The molecule has 2 aromatic carbocycles. The molecule has 6 nitrogen and oxygen atoms in total. The number of carbonyl (C=O) groups is 2. The highest BCUT2D eigenvalue weighted by Crippen LogP contribution is 2.42. The zero-order chi connectivity index (χ0) is 20.1. The average molecular weight is 389 g/mol. The van der Waals surface area contributed by atoms with Crippen LogP contribution in [-0.4, -0.2) is 46.1 Å². The van der Waals surface area contributed by atoms with E-state index in [-0.39, 0.29) is 11.9 Å². The van der Waals surface area contributed by atoms with Gasteiger partial charge in [-0.25, -0.2) is 4.79 Å². The van der Waals surface area contributed by atoms with Gasteiger partial charge >= 0.3 is 6.09 Å². The molecule has 0 unspecified atom stereocenters. The first-order valence-corrected chi connectivity index (χ1v) is 9.85. The molecule has 1 saturated heterocycles. The van der Waals surface area contributed by atoms with E-state index in [1.165, 1.54) is 12.7 Å². The van der Waals surface area contributed by atoms with E-state index in [0.717, 1.165) is 22.2 Å². The summed E-state index contributed by atoms with van der Waals surface area (Å²) < 4.78 is 7.23. The number of hydrogen-bond donors (Lipinski definition) is 0. The van der Waals surface area contributed by atoms with Crippen LogP contribution in [0.25, 0.3) is 10.9 Å². The smallest absolute Gasteiger partial charge is 0.410 e. The van der Waals surface area contributed by atoms with E-state index in [1.54, 1.807) is 4.90 Å². The van der Waals surface area contributed by atoms with Crippen LogP contribution in [0.1, 0.15) is 22.9 Å². The standard InChI is InChI=1S/C23H23N3O3/c1-24-18-11-7-6-10-16(18)17-12-19-22(27)25(13-15-8-4-3-5-9-15)14-20(21(17)24)26(19)23(28)29-2/h3-11,19-20H,12-14H2,1-2H3/t19-,20-/m0/s1. The van der Waals surface area contributed by atoms with Gasteiger partial charge in [0.25, 0.3) is 0 Å². The maximum absolute atomic E-state index is 13.4. The molecule has 0 spiro atoms. The second-order valence-electron chi connectivity index (χ2n) is 7.76. The van der Waals surface area contributed by atoms with Crippen molar-refractivity contribution >= 4 is 22.9 Å². The SMILES string of the molecule is COC(=O)N1[C@H]2Cc3c(n(C)c4ccccc34)[C@@H]1CN(Cc1ccccc1)C2=O. The largest absolute Gasteiger partial charge is 0.453 e. The predicted octanol–water partition coefficient (Wildman–Crippen LogP) is 3.25. The van der Waals surface area contributed by atoms with Crippen molar-refractivity contribution in [2.75, 3.05) is 13.7 Å². The van der Waals surface area contributed by atoms with Crippen molar-refractivity contribution in [3.05, 3.63) is 71.4 Å². The molecule has 2 atom stereocenters. The molecule has 0 aliphatic carbocycles. The van der Waals surface area contributed by atoms with Gasteiger partial charge in [0.1, 0.15) is 6.04 Å². The summed E-state index contributed by atoms with van der Waals surface area (Å²) in [6, 6.07) is 17.4. The first kappa shape index (κ1) is 17.8. The number of hydrogen-bond acceptors (Lipinski definition) is 3. The molecule has 3 heterocycles. The second kappa shape index (κ2) is 6.65. The Balaban J connectivity index is 1.62. The minimum Gasteiger partial charge on any atom is -0.453 e. The maximum Gasteiger partial charge on any atom is 0.410 e. The summed E-state index contributed by atoms with van der Waals surface area (Å²) in [7, 11) is 3.41. The number of amides is 2. The summed E-state index contributed by atoms with van der Waals surface area (Å²) in [5.41, 5.74) is 4.48. The molecule has 0 radical (unpaired) electrons. The Kier molecular flexibility index (Phi) is 4.08. The molecular formula is C23H23N3O3. The normalized spacial score (nSPS) is 20.7. The number of aryl methyl sites for hydroxylation is 1. The summed E-state index contributed by atoms with van der Waals surface area (Å²) in [6.45, 7) is 0.997. The number of piperazine rings is 1. The van der Waals surface area contributed by atoms with E-state index >= 15 is 0 Å². The number of benzene rings is 2. The van der Waals surface area contributed by atoms with Crippen molar-refractivity contribution in [3.8, 4) is 0 Å². The van der Waals surface area contributed by atoms with Crippen LogP contribution in [-0.2, 0) is 29.5 Å². The Labute approximate surface area is 169 Å². The van der Waals surface area contributed by atoms with Crippen molar-refractivity contribution in [3.63, 3.8) is 0 Å². The Hall–Kier alpha value is -3.28. The molecule has 1 aromatic heterocycles. The molecular weight excluding hydrogens is 366 g/mol. The topological polar surface area (TPSA) is 54.8 Å². The molecule has 29 heavy (non-hydrogen) atoms. The summed E-state index contributed by atoms with van der Waals surface area (Å²) in [5, 5.41) is 1.16. The first-order valence-electron chi connectivity index (χ1n) is 9.85. The molecule has 5 rings (SSSR count). The lowest BCUT2D eigenvalue weighted by Gasteiger charge is -2.48. The molecule has 148 valence electrons. The van der Waals surface area contributed by atoms with Gasteiger partial charge in [-0.2, -0.15) is 0 Å². The molecule has 2 amide bonds. The van der Waals surface area contributed by atoms with E-state index in [9.17, 15) is 9.59 Å². The third kappa shape index (κ3) is 2.63. The van der Waals surface area contributed by atoms with E-state index in [1.807, 2.05) is 54.4 Å². The summed E-state index contributed by atoms with van der Waals surface area (Å²) >= 11 is 0. The quantitative estimate of drug-likeness (QED) is 0.676. The Bertz CT molecular complexity index is 1110. The van der Waals surface area contributed by atoms with Gasteiger partial charge in [-0.3, -0.25) is 9.69 Å². The molecule has 2 aliphatic heterocycles. The lowest BCUT2D eigenvalue weighted by Crippen LogP contribution is -2.62. The highest BCUT2D eigenvalue weighted by molar-refractivity contribution is 5.92. The van der Waals surface area contributed by atoms with Crippen LogP contribution in [0, 0.1) is 0 Å². The average Bonchev–Trinajstić information content (AvgIpc) is 3.04. The van der Waals surface area contributed by atoms with Crippen molar-refractivity contribution in [1.29, 1.82) is 0 Å². The fraction of sp³-hybridized carbons (Fsp3) is 0.304. The van der Waals surface area contributed by atoms with Gasteiger partial charge in [-0.1, -0.05) is 48.5 Å². The second-order valence-corrected chi connectivity index (χ2v) is 7.76. The van der Waals surface area contributed by atoms with Crippen molar-refractivity contribution < 1.29 is 14.3 Å². The molecule has 2 bridgehead atoms. The highest BCUT2D eigenvalue weighted by atomic mass is 16.5. The van der Waals surface area contributed by atoms with Gasteiger partial charge in [0.15, 0.2) is 0 Å². The number of nitrogens with zero attached hydrogens (tertiary/aromatic N) is 3. The molecule has 2 aliphatic rings. The third-order valence-electron chi connectivity index (χ3n) is 6.24. The monoisotopic (exact) mass is 389 g/mol. The van der Waals surface area contributed by atoms with Crippen LogP contribution < -0.4 is 0 Å². The fourth-order valence-corrected chi connectivity index (χ4v) is 4.97. The molecule has 3 aromatic rings. The number of fused-ring (bicyclic) bond motifs is 6. The van der Waals surface area contributed by atoms with Crippen LogP contribution in [0.4, 0.5) is 4.79 Å². The van der Waals surface area contributed by atoms with Gasteiger partial charge in [-0.05, 0) is 17.2 Å². The Morgan fingerprint density at radius 3 is 2.55 bits per heavy atom. The molecule has 0 saturated carbocycles. The Morgan fingerprint density at radius 1 is 1.07 bits per heavy atom. The maximum atomic E-state index is 13.4. The minimum absolute atomic E-state index is 0.0194. The van der Waals surface area contributed by atoms with E-state index in [0.29, 0.717) is 19.5 Å². The van der Waals surface area contributed by atoms with Crippen LogP contribution in [0.15, 0.2) is 54.6 Å². The lowest BCUT2D eigenvalue weighted by molar-refractivity contribution is -0.145. The van der Waals surface area contributed by atoms with Crippen molar-refractivity contribution in [2.24, 2.45) is 7.05 Å². The molecule has 6 heteroatoms. The van der Waals surface area contributed by atoms with E-state index in [2.05, 4.69) is 16.7 Å². The number of ether oxygens (including phenoxy) is 1. The number of methoxy groups -OCH3 is 1. The molecule has 0 N–H and O–H groups in total. The van der Waals surface area contributed by atoms with Gasteiger partial charge in [0.05, 0.1) is 13.2 Å². The predicted molar refractivity (Wildman–Crippen MR) is 109 cm³/mol. The van der Waals surface area contributed by atoms with Crippen LogP contribution in [0.3, 0.4) is 0 Å². The summed E-state index contributed by atoms with van der Waals surface area (Å²) in [4.78, 5) is 29.6. The van der Waals surface area contributed by atoms with Crippen LogP contribution >= 0.6 is 0 Å². The van der Waals surface area contributed by atoms with Gasteiger partial charge < -0.3 is 14.2 Å². The third-order valence-corrected chi connectivity index (χ3v) is 6.24. The van der Waals surface area contributed by atoms with Gasteiger partial charge in [-0.15, -0.1) is 0 Å². The van der Waals surface area contributed by atoms with Crippen molar-refractivity contribution in [2.45, 2.75) is 25.0 Å². The van der Waals surface area contributed by atoms with Gasteiger partial charge in [0, 0.05) is 43.2 Å². The van der Waals surface area contributed by atoms with Crippen LogP contribution in [0.5, 0.6) is 0 Å². The zero-order valence-electron chi connectivity index (χ0n) is 16.5. The lowest BCUT2D eigenvalue weighted by atomic mass is 9.87. The van der Waals surface area contributed by atoms with Crippen LogP contribution in [0.2, 0.25) is 0 Å². The molecule has 1 fully saturated rings. The first-order chi connectivity index (χ1) is 14.1. The highest BCUT2D eigenvalue weighted by Gasteiger charge is 2.49.